The van der Waals surface area contributed by atoms with Gasteiger partial charge in [-0.1, -0.05) is 24.3 Å². The van der Waals surface area contributed by atoms with Gasteiger partial charge in [-0.3, -0.25) is 4.79 Å². The van der Waals surface area contributed by atoms with Gasteiger partial charge in [0.1, 0.15) is 35.6 Å². The van der Waals surface area contributed by atoms with Crippen LogP contribution in [0.3, 0.4) is 0 Å². The van der Waals surface area contributed by atoms with Crippen molar-refractivity contribution in [3.8, 4) is 22.6 Å². The zero-order valence-corrected chi connectivity index (χ0v) is 16.2. The molecule has 0 bridgehead atoms. The molecule has 7 heteroatoms. The SMILES string of the molecule is Nc1ncnc2c1c(-c1ccc(Oc3cccc(C=O)c3)cc1)cn2C1CCOC1. The number of rotatable bonds is 5. The molecule has 1 atom stereocenters. The van der Waals surface area contributed by atoms with Crippen LogP contribution in [-0.4, -0.2) is 34.0 Å². The van der Waals surface area contributed by atoms with Gasteiger partial charge in [0.2, 0.25) is 0 Å². The van der Waals surface area contributed by atoms with Gasteiger partial charge in [0.05, 0.1) is 18.0 Å². The molecule has 7 nitrogen and oxygen atoms in total. The van der Waals surface area contributed by atoms with Gasteiger partial charge in [-0.25, -0.2) is 9.97 Å². The minimum Gasteiger partial charge on any atom is -0.457 e. The van der Waals surface area contributed by atoms with E-state index in [0.717, 1.165) is 41.5 Å². The van der Waals surface area contributed by atoms with Gasteiger partial charge >= 0.3 is 0 Å². The predicted octanol–water partition coefficient (Wildman–Crippen LogP) is 4.25. The smallest absolute Gasteiger partial charge is 0.150 e. The summed E-state index contributed by atoms with van der Waals surface area (Å²) < 4.78 is 13.6. The number of fused-ring (bicyclic) bond motifs is 1. The summed E-state index contributed by atoms with van der Waals surface area (Å²) in [6.45, 7) is 1.41. The second-order valence-electron chi connectivity index (χ2n) is 7.24. The fourth-order valence-corrected chi connectivity index (χ4v) is 3.84. The Morgan fingerprint density at radius 1 is 1.13 bits per heavy atom. The zero-order valence-electron chi connectivity index (χ0n) is 16.2. The highest BCUT2D eigenvalue weighted by atomic mass is 16.5. The Labute approximate surface area is 173 Å². The molecule has 5 rings (SSSR count). The third-order valence-corrected chi connectivity index (χ3v) is 5.33. The number of hydrogen-bond acceptors (Lipinski definition) is 6. The van der Waals surface area contributed by atoms with Crippen molar-refractivity contribution in [1.29, 1.82) is 0 Å². The van der Waals surface area contributed by atoms with Crippen LogP contribution in [0.2, 0.25) is 0 Å². The van der Waals surface area contributed by atoms with E-state index < -0.39 is 0 Å². The van der Waals surface area contributed by atoms with Gasteiger partial charge in [-0.2, -0.15) is 0 Å². The Morgan fingerprint density at radius 3 is 2.77 bits per heavy atom. The number of ether oxygens (including phenoxy) is 2. The number of nitrogens with zero attached hydrogens (tertiary/aromatic N) is 3. The molecule has 30 heavy (non-hydrogen) atoms. The van der Waals surface area contributed by atoms with Gasteiger partial charge in [-0.15, -0.1) is 0 Å². The number of benzene rings is 2. The first-order valence-corrected chi connectivity index (χ1v) is 9.75. The highest BCUT2D eigenvalue weighted by Gasteiger charge is 2.23. The summed E-state index contributed by atoms with van der Waals surface area (Å²) in [6.07, 6.45) is 5.32. The highest BCUT2D eigenvalue weighted by Crippen LogP contribution is 2.36. The molecule has 0 aliphatic carbocycles. The molecule has 2 aromatic carbocycles. The number of carbonyl (C=O) groups is 1. The van der Waals surface area contributed by atoms with Crippen molar-refractivity contribution in [2.24, 2.45) is 0 Å². The molecule has 2 N–H and O–H groups in total. The number of aromatic nitrogens is 3. The van der Waals surface area contributed by atoms with Crippen LogP contribution in [0.4, 0.5) is 5.82 Å². The van der Waals surface area contributed by atoms with E-state index in [1.807, 2.05) is 30.3 Å². The third kappa shape index (κ3) is 3.29. The van der Waals surface area contributed by atoms with Gasteiger partial charge in [0, 0.05) is 23.9 Å². The lowest BCUT2D eigenvalue weighted by atomic mass is 10.1. The second-order valence-corrected chi connectivity index (χ2v) is 7.24. The quantitative estimate of drug-likeness (QED) is 0.504. The Hall–Kier alpha value is -3.71. The third-order valence-electron chi connectivity index (χ3n) is 5.33. The summed E-state index contributed by atoms with van der Waals surface area (Å²) in [5.41, 5.74) is 9.58. The van der Waals surface area contributed by atoms with Crippen LogP contribution in [0.15, 0.2) is 61.1 Å². The molecule has 1 unspecified atom stereocenters. The Balaban J connectivity index is 1.50. The van der Waals surface area contributed by atoms with E-state index in [0.29, 0.717) is 29.5 Å². The summed E-state index contributed by atoms with van der Waals surface area (Å²) in [4.78, 5) is 19.6. The largest absolute Gasteiger partial charge is 0.457 e. The topological polar surface area (TPSA) is 92.3 Å². The number of anilines is 1. The van der Waals surface area contributed by atoms with Crippen LogP contribution < -0.4 is 10.5 Å². The van der Waals surface area contributed by atoms with E-state index in [2.05, 4.69) is 20.7 Å². The predicted molar refractivity (Wildman–Crippen MR) is 114 cm³/mol. The lowest BCUT2D eigenvalue weighted by Gasteiger charge is -2.10. The van der Waals surface area contributed by atoms with E-state index in [1.54, 1.807) is 18.2 Å². The summed E-state index contributed by atoms with van der Waals surface area (Å²) in [6, 6.07) is 15.0. The summed E-state index contributed by atoms with van der Waals surface area (Å²) in [5.74, 6) is 1.75. The number of carbonyl (C=O) groups excluding carboxylic acids is 1. The van der Waals surface area contributed by atoms with Gasteiger partial charge in [-0.05, 0) is 36.2 Å². The number of nitrogen functional groups attached to an aromatic ring is 1. The van der Waals surface area contributed by atoms with Gasteiger partial charge < -0.3 is 19.8 Å². The van der Waals surface area contributed by atoms with Crippen molar-refractivity contribution in [2.45, 2.75) is 12.5 Å². The van der Waals surface area contributed by atoms with Crippen LogP contribution in [0, 0.1) is 0 Å². The van der Waals surface area contributed by atoms with Crippen LogP contribution >= 0.6 is 0 Å². The van der Waals surface area contributed by atoms with E-state index >= 15 is 0 Å². The van der Waals surface area contributed by atoms with Crippen molar-refractivity contribution in [3.05, 3.63) is 66.6 Å². The van der Waals surface area contributed by atoms with Crippen LogP contribution in [0.1, 0.15) is 22.8 Å². The standard InChI is InChI=1S/C23H20N4O3/c24-22-21-20(11-27(17-8-9-29-13-17)23(21)26-14-25-22)16-4-6-18(7-5-16)30-19-3-1-2-15(10-19)12-28/h1-7,10-12,14,17H,8-9,13H2,(H2,24,25,26). The Bertz CT molecular complexity index is 1210. The van der Waals surface area contributed by atoms with Crippen LogP contribution in [0.5, 0.6) is 11.5 Å². The van der Waals surface area contributed by atoms with Crippen molar-refractivity contribution in [3.63, 3.8) is 0 Å². The van der Waals surface area contributed by atoms with E-state index in [4.69, 9.17) is 15.2 Å². The number of aldehydes is 1. The Morgan fingerprint density at radius 2 is 2.00 bits per heavy atom. The molecule has 1 aliphatic heterocycles. The Kier molecular flexibility index (Phi) is 4.65. The molecule has 150 valence electrons. The molecule has 2 aromatic heterocycles. The molecular formula is C23H20N4O3. The molecule has 0 saturated carbocycles. The lowest BCUT2D eigenvalue weighted by molar-refractivity contribution is 0.112. The summed E-state index contributed by atoms with van der Waals surface area (Å²) >= 11 is 0. The summed E-state index contributed by atoms with van der Waals surface area (Å²) in [5, 5.41) is 0.844. The van der Waals surface area contributed by atoms with Crippen molar-refractivity contribution in [2.75, 3.05) is 18.9 Å². The molecule has 0 spiro atoms. The van der Waals surface area contributed by atoms with Crippen LogP contribution in [0.25, 0.3) is 22.2 Å². The second kappa shape index (κ2) is 7.61. The normalized spacial score (nSPS) is 16.1. The fraction of sp³-hybridized carbons (Fsp3) is 0.174. The summed E-state index contributed by atoms with van der Waals surface area (Å²) in [7, 11) is 0. The first kappa shape index (κ1) is 18.3. The number of nitrogens with two attached hydrogens (primary N) is 1. The minimum absolute atomic E-state index is 0.239. The van der Waals surface area contributed by atoms with Crippen molar-refractivity contribution < 1.29 is 14.3 Å². The fourth-order valence-electron chi connectivity index (χ4n) is 3.84. The molecule has 4 aromatic rings. The molecule has 0 radical (unpaired) electrons. The molecule has 1 fully saturated rings. The zero-order chi connectivity index (χ0) is 20.5. The minimum atomic E-state index is 0.239. The maximum atomic E-state index is 11.0. The van der Waals surface area contributed by atoms with E-state index in [1.165, 1.54) is 6.33 Å². The first-order chi connectivity index (χ1) is 14.7. The van der Waals surface area contributed by atoms with Gasteiger partial charge in [0.25, 0.3) is 0 Å². The lowest BCUT2D eigenvalue weighted by Crippen LogP contribution is -2.08. The highest BCUT2D eigenvalue weighted by molar-refractivity contribution is 6.00. The molecular weight excluding hydrogens is 380 g/mol. The number of hydrogen-bond donors (Lipinski definition) is 1. The monoisotopic (exact) mass is 400 g/mol. The van der Waals surface area contributed by atoms with Gasteiger partial charge in [0.15, 0.2) is 0 Å². The maximum Gasteiger partial charge on any atom is 0.150 e. The molecule has 1 aliphatic rings. The average Bonchev–Trinajstić information content (AvgIpc) is 3.43. The average molecular weight is 400 g/mol. The van der Waals surface area contributed by atoms with E-state index in [-0.39, 0.29) is 6.04 Å². The van der Waals surface area contributed by atoms with Crippen molar-refractivity contribution in [1.82, 2.24) is 14.5 Å². The molecule has 3 heterocycles. The first-order valence-electron chi connectivity index (χ1n) is 9.75. The molecule has 0 amide bonds. The maximum absolute atomic E-state index is 11.0. The van der Waals surface area contributed by atoms with E-state index in [9.17, 15) is 4.79 Å². The van der Waals surface area contributed by atoms with Crippen molar-refractivity contribution >= 4 is 23.1 Å². The van der Waals surface area contributed by atoms with Crippen LogP contribution in [-0.2, 0) is 4.74 Å². The molecule has 1 saturated heterocycles.